The smallest absolute Gasteiger partial charge is 0.320 e. The summed E-state index contributed by atoms with van der Waals surface area (Å²) in [7, 11) is 1.65. The van der Waals surface area contributed by atoms with Gasteiger partial charge in [0.05, 0.1) is 13.2 Å². The van der Waals surface area contributed by atoms with Crippen LogP contribution in [0.5, 0.6) is 5.75 Å². The molecular weight excluding hydrogens is 314 g/mol. The lowest BCUT2D eigenvalue weighted by atomic mass is 9.95. The molecule has 1 saturated heterocycles. The van der Waals surface area contributed by atoms with E-state index in [4.69, 9.17) is 4.74 Å². The lowest BCUT2D eigenvalue weighted by Crippen LogP contribution is -2.39. The molecule has 0 saturated carbocycles. The number of hydrogen-bond acceptors (Lipinski definition) is 3. The van der Waals surface area contributed by atoms with Gasteiger partial charge in [-0.1, -0.05) is 43.3 Å². The van der Waals surface area contributed by atoms with Gasteiger partial charge in [0.25, 0.3) is 0 Å². The second-order valence-electron chi connectivity index (χ2n) is 6.51. The predicted octanol–water partition coefficient (Wildman–Crippen LogP) is 3.90. The van der Waals surface area contributed by atoms with E-state index in [0.29, 0.717) is 6.42 Å². The minimum absolute atomic E-state index is 0.0791. The van der Waals surface area contributed by atoms with Gasteiger partial charge in [-0.05, 0) is 48.1 Å². The van der Waals surface area contributed by atoms with Gasteiger partial charge in [0, 0.05) is 6.54 Å². The molecule has 0 bridgehead atoms. The SMILES string of the molecule is CCc1ccc(C(c2cccc(OC)c2)N2CCCC2C(=O)O)cc1. The zero-order valence-corrected chi connectivity index (χ0v) is 14.8. The minimum atomic E-state index is -0.740. The number of carboxylic acids is 1. The van der Waals surface area contributed by atoms with Crippen molar-refractivity contribution in [1.29, 1.82) is 0 Å². The van der Waals surface area contributed by atoms with Crippen molar-refractivity contribution in [3.8, 4) is 5.75 Å². The van der Waals surface area contributed by atoms with E-state index in [1.165, 1.54) is 5.56 Å². The highest BCUT2D eigenvalue weighted by Crippen LogP contribution is 2.36. The highest BCUT2D eigenvalue weighted by Gasteiger charge is 2.36. The van der Waals surface area contributed by atoms with Gasteiger partial charge in [-0.25, -0.2) is 0 Å². The molecule has 1 fully saturated rings. The summed E-state index contributed by atoms with van der Waals surface area (Å²) in [4.78, 5) is 13.8. The van der Waals surface area contributed by atoms with E-state index in [2.05, 4.69) is 42.2 Å². The van der Waals surface area contributed by atoms with Crippen LogP contribution in [0.25, 0.3) is 0 Å². The Bertz CT molecular complexity index is 726. The van der Waals surface area contributed by atoms with E-state index in [1.54, 1.807) is 7.11 Å². The predicted molar refractivity (Wildman–Crippen MR) is 98.0 cm³/mol. The zero-order valence-electron chi connectivity index (χ0n) is 14.8. The molecule has 4 nitrogen and oxygen atoms in total. The lowest BCUT2D eigenvalue weighted by Gasteiger charge is -2.32. The Labute approximate surface area is 149 Å². The number of likely N-dealkylation sites (tertiary alicyclic amines) is 1. The van der Waals surface area contributed by atoms with Crippen molar-refractivity contribution in [3.63, 3.8) is 0 Å². The van der Waals surface area contributed by atoms with Crippen LogP contribution in [0.2, 0.25) is 0 Å². The maximum atomic E-state index is 11.7. The number of aliphatic carboxylic acids is 1. The summed E-state index contributed by atoms with van der Waals surface area (Å²) in [6.45, 7) is 2.92. The van der Waals surface area contributed by atoms with Crippen molar-refractivity contribution < 1.29 is 14.6 Å². The monoisotopic (exact) mass is 339 g/mol. The molecule has 2 aromatic rings. The first-order chi connectivity index (χ1) is 12.1. The number of methoxy groups -OCH3 is 1. The van der Waals surface area contributed by atoms with E-state index in [0.717, 1.165) is 36.3 Å². The molecule has 0 amide bonds. The number of rotatable bonds is 6. The molecule has 1 aliphatic heterocycles. The minimum Gasteiger partial charge on any atom is -0.497 e. The van der Waals surface area contributed by atoms with Crippen LogP contribution in [0.4, 0.5) is 0 Å². The molecular formula is C21H25NO3. The van der Waals surface area contributed by atoms with E-state index < -0.39 is 12.0 Å². The molecule has 1 N–H and O–H groups in total. The number of hydrogen-bond donors (Lipinski definition) is 1. The first-order valence-corrected chi connectivity index (χ1v) is 8.85. The van der Waals surface area contributed by atoms with Gasteiger partial charge < -0.3 is 9.84 Å². The number of nitrogens with zero attached hydrogens (tertiary/aromatic N) is 1. The third kappa shape index (κ3) is 3.69. The lowest BCUT2D eigenvalue weighted by molar-refractivity contribution is -0.142. The standard InChI is InChI=1S/C21H25NO3/c1-3-15-9-11-16(12-10-15)20(17-6-4-7-18(14-17)25-2)22-13-5-8-19(22)21(23)24/h4,6-7,9-12,14,19-20H,3,5,8,13H2,1-2H3,(H,23,24). The largest absolute Gasteiger partial charge is 0.497 e. The van der Waals surface area contributed by atoms with Crippen LogP contribution < -0.4 is 4.74 Å². The third-order valence-electron chi connectivity index (χ3n) is 5.02. The topological polar surface area (TPSA) is 49.8 Å². The molecule has 2 atom stereocenters. The second kappa shape index (κ2) is 7.70. The van der Waals surface area contributed by atoms with Crippen LogP contribution >= 0.6 is 0 Å². The Balaban J connectivity index is 2.05. The summed E-state index contributed by atoms with van der Waals surface area (Å²) in [5, 5.41) is 9.64. The van der Waals surface area contributed by atoms with Crippen LogP contribution in [0.3, 0.4) is 0 Å². The third-order valence-corrected chi connectivity index (χ3v) is 5.02. The average molecular weight is 339 g/mol. The molecule has 1 heterocycles. The second-order valence-corrected chi connectivity index (χ2v) is 6.51. The van der Waals surface area contributed by atoms with Crippen molar-refractivity contribution >= 4 is 5.97 Å². The maximum Gasteiger partial charge on any atom is 0.320 e. The Kier molecular flexibility index (Phi) is 5.39. The summed E-state index contributed by atoms with van der Waals surface area (Å²) >= 11 is 0. The molecule has 0 aromatic heterocycles. The number of carbonyl (C=O) groups is 1. The van der Waals surface area contributed by atoms with Crippen molar-refractivity contribution in [2.24, 2.45) is 0 Å². The molecule has 0 aliphatic carbocycles. The zero-order chi connectivity index (χ0) is 17.8. The Morgan fingerprint density at radius 1 is 1.24 bits per heavy atom. The summed E-state index contributed by atoms with van der Waals surface area (Å²) in [5.41, 5.74) is 3.47. The van der Waals surface area contributed by atoms with Crippen LogP contribution in [-0.2, 0) is 11.2 Å². The Hall–Kier alpha value is -2.33. The fourth-order valence-electron chi connectivity index (χ4n) is 3.69. The average Bonchev–Trinajstić information content (AvgIpc) is 3.12. The first-order valence-electron chi connectivity index (χ1n) is 8.85. The van der Waals surface area contributed by atoms with E-state index in [1.807, 2.05) is 18.2 Å². The number of aryl methyl sites for hydroxylation is 1. The molecule has 1 aliphatic rings. The molecule has 132 valence electrons. The normalized spacial score (nSPS) is 18.9. The molecule has 0 spiro atoms. The number of ether oxygens (including phenoxy) is 1. The summed E-state index contributed by atoms with van der Waals surface area (Å²) in [5.74, 6) is 0.0503. The summed E-state index contributed by atoms with van der Waals surface area (Å²) < 4.78 is 5.38. The fraction of sp³-hybridized carbons (Fsp3) is 0.381. The van der Waals surface area contributed by atoms with E-state index in [9.17, 15) is 9.90 Å². The van der Waals surface area contributed by atoms with Crippen molar-refractivity contribution in [1.82, 2.24) is 4.90 Å². The molecule has 2 aromatic carbocycles. The van der Waals surface area contributed by atoms with Crippen LogP contribution in [0, 0.1) is 0 Å². The highest BCUT2D eigenvalue weighted by atomic mass is 16.5. The molecule has 4 heteroatoms. The van der Waals surface area contributed by atoms with Crippen LogP contribution in [-0.4, -0.2) is 35.7 Å². The van der Waals surface area contributed by atoms with Crippen LogP contribution in [0.15, 0.2) is 48.5 Å². The Morgan fingerprint density at radius 2 is 2.00 bits per heavy atom. The fourth-order valence-corrected chi connectivity index (χ4v) is 3.69. The highest BCUT2D eigenvalue weighted by molar-refractivity contribution is 5.74. The van der Waals surface area contributed by atoms with Gasteiger partial charge in [-0.3, -0.25) is 9.69 Å². The van der Waals surface area contributed by atoms with E-state index >= 15 is 0 Å². The van der Waals surface area contributed by atoms with Crippen molar-refractivity contribution in [2.45, 2.75) is 38.3 Å². The summed E-state index contributed by atoms with van der Waals surface area (Å²) in [6.07, 6.45) is 2.60. The van der Waals surface area contributed by atoms with Gasteiger partial charge in [0.1, 0.15) is 11.8 Å². The van der Waals surface area contributed by atoms with E-state index in [-0.39, 0.29) is 6.04 Å². The van der Waals surface area contributed by atoms with Crippen LogP contribution in [0.1, 0.15) is 42.5 Å². The van der Waals surface area contributed by atoms with Gasteiger partial charge in [-0.15, -0.1) is 0 Å². The first kappa shape index (κ1) is 17.5. The molecule has 25 heavy (non-hydrogen) atoms. The number of benzene rings is 2. The maximum absolute atomic E-state index is 11.7. The van der Waals surface area contributed by atoms with Gasteiger partial charge in [0.15, 0.2) is 0 Å². The molecule has 0 radical (unpaired) electrons. The van der Waals surface area contributed by atoms with Crippen molar-refractivity contribution in [2.75, 3.05) is 13.7 Å². The molecule has 3 rings (SSSR count). The Morgan fingerprint density at radius 3 is 2.64 bits per heavy atom. The quantitative estimate of drug-likeness (QED) is 0.867. The number of carboxylic acid groups (broad SMARTS) is 1. The van der Waals surface area contributed by atoms with Gasteiger partial charge >= 0.3 is 5.97 Å². The van der Waals surface area contributed by atoms with Gasteiger partial charge in [-0.2, -0.15) is 0 Å². The molecule has 2 unspecified atom stereocenters. The van der Waals surface area contributed by atoms with Gasteiger partial charge in [0.2, 0.25) is 0 Å². The summed E-state index contributed by atoms with van der Waals surface area (Å²) in [6, 6.07) is 15.9. The van der Waals surface area contributed by atoms with Crippen molar-refractivity contribution in [3.05, 3.63) is 65.2 Å².